The zero-order valence-corrected chi connectivity index (χ0v) is 20.0. The van der Waals surface area contributed by atoms with Gasteiger partial charge >= 0.3 is 0 Å². The van der Waals surface area contributed by atoms with E-state index >= 15 is 0 Å². The third-order valence-corrected chi connectivity index (χ3v) is 6.27. The number of piperazine rings is 1. The highest BCUT2D eigenvalue weighted by Gasteiger charge is 2.18. The molecule has 1 fully saturated rings. The van der Waals surface area contributed by atoms with Crippen LogP contribution in [0, 0.1) is 0 Å². The Labute approximate surface area is 205 Å². The Morgan fingerprint density at radius 1 is 1.00 bits per heavy atom. The summed E-state index contributed by atoms with van der Waals surface area (Å²) in [6, 6.07) is 13.5. The number of likely N-dealkylation sites (N-methyl/N-ethyl adjacent to an activating group) is 1. The van der Waals surface area contributed by atoms with Gasteiger partial charge in [0.25, 0.3) is 0 Å². The first-order valence-electron chi connectivity index (χ1n) is 12.0. The van der Waals surface area contributed by atoms with Crippen LogP contribution in [0.4, 0.5) is 17.3 Å². The van der Waals surface area contributed by atoms with Crippen LogP contribution >= 0.6 is 0 Å². The highest BCUT2D eigenvalue weighted by molar-refractivity contribution is 5.67. The summed E-state index contributed by atoms with van der Waals surface area (Å²) < 4.78 is 11.8. The van der Waals surface area contributed by atoms with Crippen molar-refractivity contribution in [1.82, 2.24) is 14.9 Å². The average molecular weight is 474 g/mol. The summed E-state index contributed by atoms with van der Waals surface area (Å²) in [6.07, 6.45) is 6.50. The molecule has 3 aromatic rings. The fourth-order valence-electron chi connectivity index (χ4n) is 4.29. The third kappa shape index (κ3) is 5.72. The van der Waals surface area contributed by atoms with E-state index in [1.807, 2.05) is 24.3 Å². The van der Waals surface area contributed by atoms with Gasteiger partial charge in [-0.3, -0.25) is 0 Å². The van der Waals surface area contributed by atoms with E-state index in [-0.39, 0.29) is 5.75 Å². The van der Waals surface area contributed by atoms with E-state index < -0.39 is 0 Å². The molecule has 1 aromatic heterocycles. The van der Waals surface area contributed by atoms with Gasteiger partial charge in [-0.1, -0.05) is 12.2 Å². The summed E-state index contributed by atoms with van der Waals surface area (Å²) in [5.41, 5.74) is 4.84. The molecular formula is C27H31N5O3. The molecule has 2 aliphatic heterocycles. The van der Waals surface area contributed by atoms with E-state index in [4.69, 9.17) is 14.5 Å². The molecule has 0 unspecified atom stereocenters. The van der Waals surface area contributed by atoms with Gasteiger partial charge in [-0.15, -0.1) is 0 Å². The maximum Gasteiger partial charge on any atom is 0.227 e. The number of phenolic OH excluding ortho intramolecular Hbond substituents is 1. The molecule has 0 saturated carbocycles. The van der Waals surface area contributed by atoms with Gasteiger partial charge in [0, 0.05) is 54.9 Å². The van der Waals surface area contributed by atoms with Gasteiger partial charge in [0.15, 0.2) is 11.5 Å². The van der Waals surface area contributed by atoms with Crippen molar-refractivity contribution in [1.29, 1.82) is 0 Å². The number of rotatable bonds is 1. The van der Waals surface area contributed by atoms with Crippen molar-refractivity contribution in [2.24, 2.45) is 0 Å². The summed E-state index contributed by atoms with van der Waals surface area (Å²) >= 11 is 0. The Bertz CT molecular complexity index is 1190. The summed E-state index contributed by atoms with van der Waals surface area (Å²) in [5, 5.41) is 13.5. The molecule has 1 saturated heterocycles. The SMILES string of the molecule is CN1CCN(c2ccc3cc2COC/C=C/CCOc2cc(ccc2O)-c2ccnc(n2)N3)CC1. The number of anilines is 3. The molecule has 3 heterocycles. The second-order valence-corrected chi connectivity index (χ2v) is 8.83. The maximum atomic E-state index is 10.2. The van der Waals surface area contributed by atoms with Crippen molar-refractivity contribution in [3.63, 3.8) is 0 Å². The molecule has 6 bridgehead atoms. The topological polar surface area (TPSA) is 83.0 Å². The average Bonchev–Trinajstić information content (AvgIpc) is 2.87. The van der Waals surface area contributed by atoms with Gasteiger partial charge in [0.1, 0.15) is 0 Å². The number of hydrogen-bond acceptors (Lipinski definition) is 8. The van der Waals surface area contributed by atoms with Crippen LogP contribution in [-0.4, -0.2) is 66.4 Å². The molecule has 2 N–H and O–H groups in total. The lowest BCUT2D eigenvalue weighted by molar-refractivity contribution is 0.148. The van der Waals surface area contributed by atoms with Gasteiger partial charge < -0.3 is 29.7 Å². The number of phenols is 1. The number of nitrogens with one attached hydrogen (secondary N) is 1. The molecule has 0 aliphatic carbocycles. The first kappa shape index (κ1) is 23.1. The molecule has 0 radical (unpaired) electrons. The Balaban J connectivity index is 1.46. The Hall–Kier alpha value is -3.62. The first-order chi connectivity index (χ1) is 17.2. The smallest absolute Gasteiger partial charge is 0.227 e. The maximum absolute atomic E-state index is 10.2. The predicted molar refractivity (Wildman–Crippen MR) is 137 cm³/mol. The van der Waals surface area contributed by atoms with E-state index in [0.29, 0.717) is 31.5 Å². The lowest BCUT2D eigenvalue weighted by atomic mass is 10.1. The van der Waals surface area contributed by atoms with Gasteiger partial charge in [0.05, 0.1) is 25.5 Å². The molecule has 0 atom stereocenters. The standard InChI is InChI=1S/C27H31N5O3/c1-31-11-13-32(14-12-31)24-7-6-22-17-21(24)19-34-15-3-2-4-16-35-26-18-20(5-8-25(26)33)23-9-10-28-27(29-22)30-23/h2-3,5-10,17-18,33H,4,11-16,19H2,1H3,(H,28,29,30)/b3-2+. The number of aromatic nitrogens is 2. The third-order valence-electron chi connectivity index (χ3n) is 6.27. The predicted octanol–water partition coefficient (Wildman–Crippen LogP) is 4.20. The van der Waals surface area contributed by atoms with Gasteiger partial charge in [0.2, 0.25) is 5.95 Å². The Morgan fingerprint density at radius 2 is 1.89 bits per heavy atom. The molecule has 2 aliphatic rings. The second-order valence-electron chi connectivity index (χ2n) is 8.83. The second kappa shape index (κ2) is 10.8. The van der Waals surface area contributed by atoms with Crippen molar-refractivity contribution in [3.05, 3.63) is 66.4 Å². The van der Waals surface area contributed by atoms with E-state index in [0.717, 1.165) is 55.1 Å². The minimum absolute atomic E-state index is 0.107. The van der Waals surface area contributed by atoms with E-state index in [1.54, 1.807) is 18.3 Å². The largest absolute Gasteiger partial charge is 0.504 e. The van der Waals surface area contributed by atoms with Crippen LogP contribution in [-0.2, 0) is 11.3 Å². The van der Waals surface area contributed by atoms with Crippen molar-refractivity contribution >= 4 is 17.3 Å². The highest BCUT2D eigenvalue weighted by Crippen LogP contribution is 2.32. The summed E-state index contributed by atoms with van der Waals surface area (Å²) in [4.78, 5) is 13.9. The summed E-state index contributed by atoms with van der Waals surface area (Å²) in [5.74, 6) is 1.04. The number of ether oxygens (including phenoxy) is 2. The van der Waals surface area contributed by atoms with E-state index in [1.165, 1.54) is 5.69 Å². The lowest BCUT2D eigenvalue weighted by Gasteiger charge is -2.35. The monoisotopic (exact) mass is 473 g/mol. The first-order valence-corrected chi connectivity index (χ1v) is 12.0. The van der Waals surface area contributed by atoms with Crippen LogP contribution in [0.2, 0.25) is 0 Å². The Kier molecular flexibility index (Phi) is 7.11. The molecule has 182 valence electrons. The fourth-order valence-corrected chi connectivity index (χ4v) is 4.29. The minimum Gasteiger partial charge on any atom is -0.504 e. The van der Waals surface area contributed by atoms with Crippen LogP contribution in [0.5, 0.6) is 11.5 Å². The number of nitrogens with zero attached hydrogens (tertiary/aromatic N) is 4. The van der Waals surface area contributed by atoms with Gasteiger partial charge in [-0.2, -0.15) is 0 Å². The van der Waals surface area contributed by atoms with Gasteiger partial charge in [-0.25, -0.2) is 9.97 Å². The van der Waals surface area contributed by atoms with Gasteiger partial charge in [-0.05, 0) is 55.9 Å². The van der Waals surface area contributed by atoms with Crippen molar-refractivity contribution in [3.8, 4) is 22.8 Å². The van der Waals surface area contributed by atoms with E-state index in [2.05, 4.69) is 45.3 Å². The molecule has 5 rings (SSSR count). The van der Waals surface area contributed by atoms with Crippen LogP contribution in [0.15, 0.2) is 60.8 Å². The van der Waals surface area contributed by atoms with Crippen LogP contribution in [0.1, 0.15) is 12.0 Å². The number of fused-ring (bicyclic) bond motifs is 7. The molecule has 0 amide bonds. The molecule has 35 heavy (non-hydrogen) atoms. The zero-order valence-electron chi connectivity index (χ0n) is 20.0. The lowest BCUT2D eigenvalue weighted by Crippen LogP contribution is -2.44. The Morgan fingerprint density at radius 3 is 2.77 bits per heavy atom. The van der Waals surface area contributed by atoms with Crippen LogP contribution in [0.3, 0.4) is 0 Å². The zero-order chi connectivity index (χ0) is 24.0. The summed E-state index contributed by atoms with van der Waals surface area (Å²) in [7, 11) is 2.16. The molecule has 8 nitrogen and oxygen atoms in total. The number of aromatic hydroxyl groups is 1. The highest BCUT2D eigenvalue weighted by atomic mass is 16.5. The molecule has 2 aromatic carbocycles. The molecule has 0 spiro atoms. The van der Waals surface area contributed by atoms with Crippen LogP contribution in [0.25, 0.3) is 11.3 Å². The molecular weight excluding hydrogens is 442 g/mol. The molecule has 8 heteroatoms. The van der Waals surface area contributed by atoms with E-state index in [9.17, 15) is 5.11 Å². The van der Waals surface area contributed by atoms with Crippen molar-refractivity contribution in [2.45, 2.75) is 13.0 Å². The number of benzene rings is 2. The fraction of sp³-hybridized carbons (Fsp3) is 0.333. The quantitative estimate of drug-likeness (QED) is 0.509. The minimum atomic E-state index is 0.107. The van der Waals surface area contributed by atoms with Crippen LogP contribution < -0.4 is 15.0 Å². The van der Waals surface area contributed by atoms with Crippen molar-refractivity contribution < 1.29 is 14.6 Å². The normalized spacial score (nSPS) is 18.0. The summed E-state index contributed by atoms with van der Waals surface area (Å²) in [6.45, 7) is 5.57. The number of hydrogen-bond donors (Lipinski definition) is 2. The van der Waals surface area contributed by atoms with Crippen molar-refractivity contribution in [2.75, 3.05) is 56.7 Å².